The van der Waals surface area contributed by atoms with Gasteiger partial charge in [0.2, 0.25) is 0 Å². The highest BCUT2D eigenvalue weighted by Crippen LogP contribution is 2.22. The van der Waals surface area contributed by atoms with Crippen LogP contribution >= 0.6 is 0 Å². The quantitative estimate of drug-likeness (QED) is 0.893. The molecule has 0 spiro atoms. The molecule has 1 aromatic heterocycles. The molecule has 0 aliphatic carbocycles. The van der Waals surface area contributed by atoms with E-state index in [2.05, 4.69) is 10.4 Å². The number of carbonyl (C=O) groups is 2. The smallest absolute Gasteiger partial charge is 0.323 e. The molecule has 0 saturated carbocycles. The molecule has 0 radical (unpaired) electrons. The van der Waals surface area contributed by atoms with E-state index in [-0.39, 0.29) is 24.5 Å². The van der Waals surface area contributed by atoms with Gasteiger partial charge in [-0.3, -0.25) is 14.8 Å². The lowest BCUT2D eigenvalue weighted by atomic mass is 9.91. The van der Waals surface area contributed by atoms with E-state index in [9.17, 15) is 9.59 Å². The minimum atomic E-state index is -0.844. The average Bonchev–Trinajstić information content (AvgIpc) is 2.86. The molecule has 0 bridgehead atoms. The summed E-state index contributed by atoms with van der Waals surface area (Å²) in [7, 11) is 0. The Morgan fingerprint density at radius 3 is 2.71 bits per heavy atom. The van der Waals surface area contributed by atoms with Gasteiger partial charge in [-0.15, -0.1) is 0 Å². The molecule has 1 aliphatic heterocycles. The second kappa shape index (κ2) is 6.15. The number of amides is 2. The maximum atomic E-state index is 12.2. The van der Waals surface area contributed by atoms with Crippen LogP contribution in [-0.4, -0.2) is 44.9 Å². The highest BCUT2D eigenvalue weighted by atomic mass is 16.4. The zero-order chi connectivity index (χ0) is 15.6. The summed E-state index contributed by atoms with van der Waals surface area (Å²) in [5.74, 6) is -0.672. The van der Waals surface area contributed by atoms with Crippen LogP contribution in [0, 0.1) is 11.8 Å². The Morgan fingerprint density at radius 1 is 1.43 bits per heavy atom. The Kier molecular flexibility index (Phi) is 4.50. The molecule has 1 aliphatic rings. The lowest BCUT2D eigenvalue weighted by Crippen LogP contribution is -2.47. The average molecular weight is 294 g/mol. The molecule has 1 saturated heterocycles. The molecule has 2 atom stereocenters. The van der Waals surface area contributed by atoms with Crippen LogP contribution in [0.3, 0.4) is 0 Å². The first kappa shape index (κ1) is 15.3. The van der Waals surface area contributed by atoms with Crippen molar-refractivity contribution < 1.29 is 14.7 Å². The molecule has 7 nitrogen and oxygen atoms in total. The van der Waals surface area contributed by atoms with E-state index >= 15 is 0 Å². The summed E-state index contributed by atoms with van der Waals surface area (Å²) in [5, 5.41) is 16.1. The number of hydrogen-bond acceptors (Lipinski definition) is 3. The van der Waals surface area contributed by atoms with Gasteiger partial charge in [0, 0.05) is 31.4 Å². The Bertz CT molecular complexity index is 526. The fourth-order valence-corrected chi connectivity index (χ4v) is 2.58. The molecular formula is C14H22N4O3. The number of urea groups is 1. The van der Waals surface area contributed by atoms with Crippen LogP contribution in [0.2, 0.25) is 0 Å². The van der Waals surface area contributed by atoms with Crippen LogP contribution in [0.25, 0.3) is 0 Å². The number of nitrogens with zero attached hydrogens (tertiary/aromatic N) is 3. The monoisotopic (exact) mass is 294 g/mol. The van der Waals surface area contributed by atoms with Gasteiger partial charge in [0.1, 0.15) is 0 Å². The summed E-state index contributed by atoms with van der Waals surface area (Å²) < 4.78 is 1.76. The fraction of sp³-hybridized carbons (Fsp3) is 0.643. The minimum Gasteiger partial charge on any atom is -0.481 e. The summed E-state index contributed by atoms with van der Waals surface area (Å²) in [6.07, 6.45) is 2.42. The van der Waals surface area contributed by atoms with E-state index in [4.69, 9.17) is 5.11 Å². The van der Waals surface area contributed by atoms with Crippen molar-refractivity contribution in [3.8, 4) is 0 Å². The Balaban J connectivity index is 2.00. The van der Waals surface area contributed by atoms with E-state index < -0.39 is 11.9 Å². The summed E-state index contributed by atoms with van der Waals surface area (Å²) in [6, 6.07) is 1.67. The van der Waals surface area contributed by atoms with Crippen molar-refractivity contribution in [3.05, 3.63) is 12.3 Å². The summed E-state index contributed by atoms with van der Waals surface area (Å²) >= 11 is 0. The molecule has 7 heteroatoms. The number of nitrogens with one attached hydrogen (secondary N) is 1. The SMILES string of the molecule is CC1CC(C(=O)O)CN(C(=O)Nc2ccn(C(C)C)n2)C1. The second-order valence-electron chi connectivity index (χ2n) is 5.99. The molecule has 116 valence electrons. The molecule has 1 aromatic rings. The topological polar surface area (TPSA) is 87.5 Å². The van der Waals surface area contributed by atoms with E-state index in [0.717, 1.165) is 0 Å². The number of hydrogen-bond donors (Lipinski definition) is 2. The van der Waals surface area contributed by atoms with Crippen molar-refractivity contribution >= 4 is 17.8 Å². The maximum Gasteiger partial charge on any atom is 0.323 e. The standard InChI is InChI=1S/C14H22N4O3/c1-9(2)18-5-4-12(16-18)15-14(21)17-7-10(3)6-11(8-17)13(19)20/h4-5,9-11H,6-8H2,1-3H3,(H,19,20)(H,15,16,21). The summed E-state index contributed by atoms with van der Waals surface area (Å²) in [5.41, 5.74) is 0. The van der Waals surface area contributed by atoms with Crippen LogP contribution in [-0.2, 0) is 4.79 Å². The Morgan fingerprint density at radius 2 is 2.14 bits per heavy atom. The first-order chi connectivity index (χ1) is 9.86. The predicted octanol–water partition coefficient (Wildman–Crippen LogP) is 2.04. The number of carbonyl (C=O) groups excluding carboxylic acids is 1. The highest BCUT2D eigenvalue weighted by Gasteiger charge is 2.32. The van der Waals surface area contributed by atoms with Crippen molar-refractivity contribution in [3.63, 3.8) is 0 Å². The largest absolute Gasteiger partial charge is 0.481 e. The molecule has 21 heavy (non-hydrogen) atoms. The number of likely N-dealkylation sites (tertiary alicyclic amines) is 1. The molecule has 1 fully saturated rings. The van der Waals surface area contributed by atoms with Crippen LogP contribution in [0.15, 0.2) is 12.3 Å². The van der Waals surface area contributed by atoms with Crippen molar-refractivity contribution in [2.75, 3.05) is 18.4 Å². The maximum absolute atomic E-state index is 12.2. The third kappa shape index (κ3) is 3.74. The number of carboxylic acids is 1. The lowest BCUT2D eigenvalue weighted by molar-refractivity contribution is -0.143. The van der Waals surface area contributed by atoms with Gasteiger partial charge in [-0.05, 0) is 26.2 Å². The molecular weight excluding hydrogens is 272 g/mol. The normalized spacial score (nSPS) is 22.4. The molecule has 0 aromatic carbocycles. The van der Waals surface area contributed by atoms with E-state index in [0.29, 0.717) is 18.8 Å². The molecule has 2 unspecified atom stereocenters. The lowest BCUT2D eigenvalue weighted by Gasteiger charge is -2.34. The van der Waals surface area contributed by atoms with E-state index in [1.807, 2.05) is 20.8 Å². The number of anilines is 1. The third-order valence-electron chi connectivity index (χ3n) is 3.67. The van der Waals surface area contributed by atoms with Gasteiger partial charge < -0.3 is 10.0 Å². The second-order valence-corrected chi connectivity index (χ2v) is 5.99. The first-order valence-corrected chi connectivity index (χ1v) is 7.20. The number of aliphatic carboxylic acids is 1. The van der Waals surface area contributed by atoms with Gasteiger partial charge in [0.15, 0.2) is 5.82 Å². The Hall–Kier alpha value is -2.05. The third-order valence-corrected chi connectivity index (χ3v) is 3.67. The number of aromatic nitrogens is 2. The predicted molar refractivity (Wildman–Crippen MR) is 78.1 cm³/mol. The van der Waals surface area contributed by atoms with Gasteiger partial charge in [-0.25, -0.2) is 4.79 Å². The molecule has 2 heterocycles. The van der Waals surface area contributed by atoms with Crippen molar-refractivity contribution in [1.82, 2.24) is 14.7 Å². The van der Waals surface area contributed by atoms with Crippen LogP contribution in [0.4, 0.5) is 10.6 Å². The Labute approximate surface area is 123 Å². The fourth-order valence-electron chi connectivity index (χ4n) is 2.58. The number of piperidine rings is 1. The zero-order valence-electron chi connectivity index (χ0n) is 12.6. The van der Waals surface area contributed by atoms with Gasteiger partial charge >= 0.3 is 12.0 Å². The van der Waals surface area contributed by atoms with Crippen molar-refractivity contribution in [2.24, 2.45) is 11.8 Å². The van der Waals surface area contributed by atoms with E-state index in [1.165, 1.54) is 0 Å². The van der Waals surface area contributed by atoms with Gasteiger partial charge in [-0.1, -0.05) is 6.92 Å². The van der Waals surface area contributed by atoms with Crippen LogP contribution < -0.4 is 5.32 Å². The van der Waals surface area contributed by atoms with Crippen molar-refractivity contribution in [2.45, 2.75) is 33.2 Å². The number of rotatable bonds is 3. The minimum absolute atomic E-state index is 0.179. The van der Waals surface area contributed by atoms with Gasteiger partial charge in [-0.2, -0.15) is 5.10 Å². The number of carboxylic acid groups (broad SMARTS) is 1. The van der Waals surface area contributed by atoms with Crippen LogP contribution in [0.5, 0.6) is 0 Å². The molecule has 2 rings (SSSR count). The van der Waals surface area contributed by atoms with Crippen molar-refractivity contribution in [1.29, 1.82) is 0 Å². The van der Waals surface area contributed by atoms with E-state index in [1.54, 1.807) is 21.8 Å². The summed E-state index contributed by atoms with van der Waals surface area (Å²) in [6.45, 7) is 6.78. The molecule has 2 amide bonds. The zero-order valence-corrected chi connectivity index (χ0v) is 12.6. The van der Waals surface area contributed by atoms with Crippen LogP contribution in [0.1, 0.15) is 33.2 Å². The highest BCUT2D eigenvalue weighted by molar-refractivity contribution is 5.88. The first-order valence-electron chi connectivity index (χ1n) is 7.20. The molecule has 2 N–H and O–H groups in total. The summed E-state index contributed by atoms with van der Waals surface area (Å²) in [4.78, 5) is 24.9. The van der Waals surface area contributed by atoms with Gasteiger partial charge in [0.25, 0.3) is 0 Å². The van der Waals surface area contributed by atoms with Gasteiger partial charge in [0.05, 0.1) is 5.92 Å².